The predicted molar refractivity (Wildman–Crippen MR) is 90.1 cm³/mol. The summed E-state index contributed by atoms with van der Waals surface area (Å²) in [6.45, 7) is 0.364. The van der Waals surface area contributed by atoms with Gasteiger partial charge in [-0.15, -0.1) is 0 Å². The number of benzene rings is 2. The smallest absolute Gasteiger partial charge is 0.237 e. The Balaban J connectivity index is 1.91. The molecule has 1 saturated heterocycles. The van der Waals surface area contributed by atoms with Gasteiger partial charge in [0.1, 0.15) is 11.7 Å². The zero-order valence-electron chi connectivity index (χ0n) is 13.6. The molecule has 0 bridgehead atoms. The lowest BCUT2D eigenvalue weighted by molar-refractivity contribution is -0.135. The number of anilines is 1. The predicted octanol–water partition coefficient (Wildman–Crippen LogP) is 2.51. The average Bonchev–Trinajstić information content (AvgIpc) is 2.92. The monoisotopic (exact) mass is 337 g/mol. The summed E-state index contributed by atoms with van der Waals surface area (Å²) in [6, 6.07) is 14.7. The van der Waals surface area contributed by atoms with Crippen molar-refractivity contribution in [1.29, 1.82) is 5.26 Å². The van der Waals surface area contributed by atoms with Crippen LogP contribution in [0.25, 0.3) is 0 Å². The first-order valence-corrected chi connectivity index (χ1v) is 7.81. The molecular formula is C19H16FN3O2. The lowest BCUT2D eigenvalue weighted by Gasteiger charge is -2.17. The van der Waals surface area contributed by atoms with Crippen molar-refractivity contribution in [3.8, 4) is 6.07 Å². The zero-order valence-corrected chi connectivity index (χ0v) is 13.6. The zero-order chi connectivity index (χ0) is 18.0. The molecular weight excluding hydrogens is 321 g/mol. The van der Waals surface area contributed by atoms with Crippen LogP contribution in [0.15, 0.2) is 48.5 Å². The van der Waals surface area contributed by atoms with E-state index < -0.39 is 23.6 Å². The topological polar surface area (TPSA) is 73.2 Å². The molecule has 5 nitrogen and oxygen atoms in total. The Morgan fingerprint density at radius 1 is 1.28 bits per heavy atom. The summed E-state index contributed by atoms with van der Waals surface area (Å²) in [5.74, 6) is -2.78. The van der Waals surface area contributed by atoms with E-state index in [1.165, 1.54) is 23.1 Å². The Morgan fingerprint density at radius 3 is 2.76 bits per heavy atom. The molecule has 2 amide bonds. The van der Waals surface area contributed by atoms with Gasteiger partial charge in [-0.2, -0.15) is 5.26 Å². The van der Waals surface area contributed by atoms with Crippen LogP contribution in [0.4, 0.5) is 10.1 Å². The van der Waals surface area contributed by atoms with Crippen LogP contribution in [0.2, 0.25) is 0 Å². The molecule has 0 spiro atoms. The van der Waals surface area contributed by atoms with Gasteiger partial charge >= 0.3 is 0 Å². The Hall–Kier alpha value is -3.20. The highest BCUT2D eigenvalue weighted by molar-refractivity contribution is 6.08. The van der Waals surface area contributed by atoms with Crippen molar-refractivity contribution >= 4 is 17.5 Å². The number of hydrogen-bond donors (Lipinski definition) is 1. The van der Waals surface area contributed by atoms with Crippen LogP contribution >= 0.6 is 0 Å². The number of carbonyl (C=O) groups excluding carboxylic acids is 2. The summed E-state index contributed by atoms with van der Waals surface area (Å²) >= 11 is 0. The second kappa shape index (κ2) is 6.73. The summed E-state index contributed by atoms with van der Waals surface area (Å²) in [5, 5.41) is 11.6. The van der Waals surface area contributed by atoms with Gasteiger partial charge < -0.3 is 10.2 Å². The number of nitrogens with one attached hydrogen (secondary N) is 1. The molecule has 126 valence electrons. The van der Waals surface area contributed by atoms with Crippen LogP contribution in [0, 0.1) is 23.1 Å². The van der Waals surface area contributed by atoms with Gasteiger partial charge in [-0.05, 0) is 29.8 Å². The molecule has 1 heterocycles. The normalized spacial score (nSPS) is 19.6. The Morgan fingerprint density at radius 2 is 2.04 bits per heavy atom. The van der Waals surface area contributed by atoms with Crippen molar-refractivity contribution in [3.05, 3.63) is 65.5 Å². The molecule has 3 rings (SSSR count). The van der Waals surface area contributed by atoms with Crippen molar-refractivity contribution in [3.63, 3.8) is 0 Å². The van der Waals surface area contributed by atoms with E-state index in [4.69, 9.17) is 5.26 Å². The van der Waals surface area contributed by atoms with Crippen molar-refractivity contribution in [2.24, 2.45) is 5.92 Å². The van der Waals surface area contributed by atoms with Crippen LogP contribution in [0.5, 0.6) is 0 Å². The van der Waals surface area contributed by atoms with E-state index in [0.29, 0.717) is 12.1 Å². The quantitative estimate of drug-likeness (QED) is 0.875. The lowest BCUT2D eigenvalue weighted by Crippen LogP contribution is -2.33. The molecule has 2 aromatic carbocycles. The fourth-order valence-electron chi connectivity index (χ4n) is 3.10. The van der Waals surface area contributed by atoms with Crippen LogP contribution in [0.3, 0.4) is 0 Å². The largest absolute Gasteiger partial charge is 0.344 e. The summed E-state index contributed by atoms with van der Waals surface area (Å²) in [5.41, 5.74) is 1.25. The van der Waals surface area contributed by atoms with Crippen LogP contribution in [0.1, 0.15) is 17.0 Å². The molecule has 6 heteroatoms. The summed E-state index contributed by atoms with van der Waals surface area (Å²) < 4.78 is 13.8. The van der Waals surface area contributed by atoms with Gasteiger partial charge in [0.15, 0.2) is 0 Å². The minimum Gasteiger partial charge on any atom is -0.344 e. The number of nitriles is 1. The van der Waals surface area contributed by atoms with Gasteiger partial charge in [0.05, 0.1) is 17.3 Å². The first kappa shape index (κ1) is 16.7. The Bertz CT molecular complexity index is 875. The Labute approximate surface area is 144 Å². The first-order valence-electron chi connectivity index (χ1n) is 7.81. The second-order valence-corrected chi connectivity index (χ2v) is 6.01. The van der Waals surface area contributed by atoms with E-state index >= 15 is 0 Å². The maximum absolute atomic E-state index is 13.8. The number of nitrogens with zero attached hydrogens (tertiary/aromatic N) is 2. The number of likely N-dealkylation sites (tertiary alicyclic amines) is 1. The highest BCUT2D eigenvalue weighted by Gasteiger charge is 2.44. The van der Waals surface area contributed by atoms with Crippen molar-refractivity contribution in [2.75, 3.05) is 18.9 Å². The maximum Gasteiger partial charge on any atom is 0.237 e. The number of rotatable bonds is 3. The average molecular weight is 337 g/mol. The number of amides is 2. The number of para-hydroxylation sites is 1. The van der Waals surface area contributed by atoms with Crippen molar-refractivity contribution in [1.82, 2.24) is 4.90 Å². The molecule has 1 aliphatic heterocycles. The molecule has 25 heavy (non-hydrogen) atoms. The van der Waals surface area contributed by atoms with Gasteiger partial charge in [0, 0.05) is 19.5 Å². The minimum atomic E-state index is -0.960. The fourth-order valence-corrected chi connectivity index (χ4v) is 3.10. The number of likely N-dealkylation sites (N-methyl/N-ethyl adjacent to an activating group) is 1. The maximum atomic E-state index is 13.8. The highest BCUT2D eigenvalue weighted by Crippen LogP contribution is 2.34. The van der Waals surface area contributed by atoms with Gasteiger partial charge in [0.2, 0.25) is 11.8 Å². The van der Waals surface area contributed by atoms with Gasteiger partial charge in [-0.3, -0.25) is 9.59 Å². The fraction of sp³-hybridized carbons (Fsp3) is 0.211. The molecule has 0 unspecified atom stereocenters. The molecule has 2 aromatic rings. The summed E-state index contributed by atoms with van der Waals surface area (Å²) in [6.07, 6.45) is 0. The first-order chi connectivity index (χ1) is 12.0. The third-order valence-corrected chi connectivity index (χ3v) is 4.37. The van der Waals surface area contributed by atoms with E-state index in [2.05, 4.69) is 11.4 Å². The summed E-state index contributed by atoms with van der Waals surface area (Å²) in [7, 11) is 1.62. The van der Waals surface area contributed by atoms with Gasteiger partial charge in [-0.1, -0.05) is 24.3 Å². The van der Waals surface area contributed by atoms with Crippen LogP contribution in [-0.2, 0) is 9.59 Å². The highest BCUT2D eigenvalue weighted by atomic mass is 19.1. The van der Waals surface area contributed by atoms with E-state index in [1.54, 1.807) is 37.4 Å². The molecule has 1 fully saturated rings. The Kier molecular flexibility index (Phi) is 4.48. The van der Waals surface area contributed by atoms with Crippen LogP contribution in [-0.4, -0.2) is 30.3 Å². The van der Waals surface area contributed by atoms with E-state index in [1.807, 2.05) is 0 Å². The molecule has 0 saturated carbocycles. The molecule has 0 aromatic heterocycles. The van der Waals surface area contributed by atoms with Crippen LogP contribution < -0.4 is 5.32 Å². The van der Waals surface area contributed by atoms with Crippen molar-refractivity contribution in [2.45, 2.75) is 5.92 Å². The lowest BCUT2D eigenvalue weighted by atomic mass is 9.87. The van der Waals surface area contributed by atoms with E-state index in [-0.39, 0.29) is 11.6 Å². The van der Waals surface area contributed by atoms with E-state index in [0.717, 1.165) is 5.56 Å². The summed E-state index contributed by atoms with van der Waals surface area (Å²) in [4.78, 5) is 26.6. The number of hydrogen-bond acceptors (Lipinski definition) is 3. The SMILES string of the molecule is CN1C[C@H](c2cccc(C#N)c2)[C@@H](C(=O)Nc2ccccc2F)C1=O. The number of halogens is 1. The van der Waals surface area contributed by atoms with Gasteiger partial charge in [0.25, 0.3) is 0 Å². The molecule has 1 aliphatic rings. The third-order valence-electron chi connectivity index (χ3n) is 4.37. The molecule has 0 aliphatic carbocycles. The van der Waals surface area contributed by atoms with Crippen molar-refractivity contribution < 1.29 is 14.0 Å². The molecule has 2 atom stereocenters. The number of carbonyl (C=O) groups is 2. The van der Waals surface area contributed by atoms with Gasteiger partial charge in [-0.25, -0.2) is 4.39 Å². The molecule has 1 N–H and O–H groups in total. The minimum absolute atomic E-state index is 0.0411. The molecule has 0 radical (unpaired) electrons. The standard InChI is InChI=1S/C19H16FN3O2/c1-23-11-14(13-6-4-5-12(9-13)10-21)17(19(23)25)18(24)22-16-8-3-2-7-15(16)20/h2-9,14,17H,11H2,1H3,(H,22,24)/t14-,17+/m1/s1. The second-order valence-electron chi connectivity index (χ2n) is 6.01. The third kappa shape index (κ3) is 3.22. The van der Waals surface area contributed by atoms with E-state index in [9.17, 15) is 14.0 Å².